The van der Waals surface area contributed by atoms with E-state index in [-0.39, 0.29) is 5.97 Å². The molecule has 0 radical (unpaired) electrons. The fraction of sp³-hybridized carbons (Fsp3) is 0.421. The Balaban J connectivity index is 2.07. The lowest BCUT2D eigenvalue weighted by atomic mass is 9.99. The minimum atomic E-state index is -0.430. The summed E-state index contributed by atoms with van der Waals surface area (Å²) < 4.78 is 5.35. The molecule has 0 bridgehead atoms. The number of carbonyl (C=O) groups is 1. The zero-order valence-corrected chi connectivity index (χ0v) is 14.5. The minimum absolute atomic E-state index is 0.160. The number of hydrogen-bond acceptors (Lipinski definition) is 4. The molecule has 23 heavy (non-hydrogen) atoms. The van der Waals surface area contributed by atoms with Crippen LogP contribution in [0.15, 0.2) is 30.5 Å². The molecule has 2 rings (SSSR count). The Bertz CT molecular complexity index is 703. The van der Waals surface area contributed by atoms with Gasteiger partial charge in [0.25, 0.3) is 0 Å². The van der Waals surface area contributed by atoms with E-state index >= 15 is 0 Å². The number of esters is 1. The van der Waals surface area contributed by atoms with Gasteiger partial charge in [-0.25, -0.2) is 9.97 Å². The van der Waals surface area contributed by atoms with Crippen LogP contribution in [0.2, 0.25) is 0 Å². The van der Waals surface area contributed by atoms with E-state index in [0.717, 1.165) is 28.2 Å². The third-order valence-corrected chi connectivity index (χ3v) is 3.43. The van der Waals surface area contributed by atoms with Gasteiger partial charge < -0.3 is 4.74 Å². The van der Waals surface area contributed by atoms with Gasteiger partial charge in [-0.05, 0) is 64.3 Å². The molecule has 1 aromatic carbocycles. The van der Waals surface area contributed by atoms with E-state index in [0.29, 0.717) is 12.8 Å². The Morgan fingerprint density at radius 1 is 1.17 bits per heavy atom. The number of hydrogen-bond donors (Lipinski definition) is 0. The topological polar surface area (TPSA) is 52.1 Å². The molecule has 2 aromatic rings. The highest BCUT2D eigenvalue weighted by molar-refractivity contribution is 5.70. The fourth-order valence-corrected chi connectivity index (χ4v) is 2.38. The average Bonchev–Trinajstić information content (AvgIpc) is 2.44. The Morgan fingerprint density at radius 3 is 2.52 bits per heavy atom. The van der Waals surface area contributed by atoms with Crippen LogP contribution < -0.4 is 0 Å². The van der Waals surface area contributed by atoms with E-state index < -0.39 is 5.60 Å². The van der Waals surface area contributed by atoms with Crippen molar-refractivity contribution < 1.29 is 9.53 Å². The van der Waals surface area contributed by atoms with E-state index in [4.69, 9.17) is 4.74 Å². The summed E-state index contributed by atoms with van der Waals surface area (Å²) in [5, 5.41) is 0. The molecule has 4 nitrogen and oxygen atoms in total. The largest absolute Gasteiger partial charge is 0.460 e. The van der Waals surface area contributed by atoms with E-state index in [1.807, 2.05) is 39.8 Å². The number of aryl methyl sites for hydroxylation is 3. The maximum Gasteiger partial charge on any atom is 0.306 e. The molecule has 0 spiro atoms. The highest BCUT2D eigenvalue weighted by Crippen LogP contribution is 2.21. The summed E-state index contributed by atoms with van der Waals surface area (Å²) in [5.41, 5.74) is 3.86. The predicted octanol–water partition coefficient (Wildman–Crippen LogP) is 4.03. The van der Waals surface area contributed by atoms with Gasteiger partial charge in [-0.1, -0.05) is 12.1 Å². The molecule has 1 aromatic heterocycles. The lowest BCUT2D eigenvalue weighted by molar-refractivity contribution is -0.154. The van der Waals surface area contributed by atoms with Crippen LogP contribution >= 0.6 is 0 Å². The third kappa shape index (κ3) is 5.16. The maximum atomic E-state index is 11.8. The van der Waals surface area contributed by atoms with Crippen LogP contribution in [0.4, 0.5) is 0 Å². The molecule has 0 unspecified atom stereocenters. The predicted molar refractivity (Wildman–Crippen MR) is 91.1 cm³/mol. The minimum Gasteiger partial charge on any atom is -0.460 e. The second-order valence-corrected chi connectivity index (χ2v) is 6.72. The van der Waals surface area contributed by atoms with Gasteiger partial charge in [0.2, 0.25) is 0 Å². The van der Waals surface area contributed by atoms with Crippen molar-refractivity contribution in [1.82, 2.24) is 9.97 Å². The number of nitrogens with zero attached hydrogens (tertiary/aromatic N) is 2. The van der Waals surface area contributed by atoms with E-state index in [1.54, 1.807) is 6.20 Å². The number of carbonyl (C=O) groups excluding carboxylic acids is 1. The molecular formula is C19H24N2O2. The van der Waals surface area contributed by atoms with Crippen molar-refractivity contribution in [1.29, 1.82) is 0 Å². The van der Waals surface area contributed by atoms with Gasteiger partial charge in [0.1, 0.15) is 11.4 Å². The standard InChI is InChI=1S/C19H24N2O2/c1-13-12-16(17-10-11-20-14(2)21-17)7-6-15(13)8-9-18(22)23-19(3,4)5/h6-7,10-12H,8-9H2,1-5H3. The normalized spacial score (nSPS) is 11.3. The second kappa shape index (κ2) is 6.90. The van der Waals surface area contributed by atoms with Crippen LogP contribution in [0.1, 0.15) is 44.1 Å². The van der Waals surface area contributed by atoms with Crippen molar-refractivity contribution in [3.05, 3.63) is 47.4 Å². The number of ether oxygens (including phenoxy) is 1. The first-order valence-corrected chi connectivity index (χ1v) is 7.86. The Morgan fingerprint density at radius 2 is 1.91 bits per heavy atom. The van der Waals surface area contributed by atoms with Gasteiger partial charge in [-0.3, -0.25) is 4.79 Å². The van der Waals surface area contributed by atoms with Gasteiger partial charge in [0, 0.05) is 18.2 Å². The molecule has 1 heterocycles. The highest BCUT2D eigenvalue weighted by Gasteiger charge is 2.16. The molecule has 0 amide bonds. The van der Waals surface area contributed by atoms with Gasteiger partial charge >= 0.3 is 5.97 Å². The summed E-state index contributed by atoms with van der Waals surface area (Å²) in [6.07, 6.45) is 2.84. The van der Waals surface area contributed by atoms with E-state index in [9.17, 15) is 4.79 Å². The number of rotatable bonds is 4. The van der Waals surface area contributed by atoms with Crippen molar-refractivity contribution in [2.75, 3.05) is 0 Å². The molecule has 0 N–H and O–H groups in total. The van der Waals surface area contributed by atoms with Gasteiger partial charge in [0.05, 0.1) is 5.69 Å². The van der Waals surface area contributed by atoms with Crippen LogP contribution in [-0.4, -0.2) is 21.5 Å². The highest BCUT2D eigenvalue weighted by atomic mass is 16.6. The zero-order chi connectivity index (χ0) is 17.0. The summed E-state index contributed by atoms with van der Waals surface area (Å²) in [6.45, 7) is 9.59. The smallest absolute Gasteiger partial charge is 0.306 e. The molecule has 0 aliphatic rings. The quantitative estimate of drug-likeness (QED) is 0.800. The molecule has 0 aliphatic carbocycles. The molecule has 0 fully saturated rings. The lowest BCUT2D eigenvalue weighted by Crippen LogP contribution is -2.24. The number of aromatic nitrogens is 2. The van der Waals surface area contributed by atoms with Crippen LogP contribution in [-0.2, 0) is 16.0 Å². The van der Waals surface area contributed by atoms with Crippen molar-refractivity contribution in [2.24, 2.45) is 0 Å². The monoisotopic (exact) mass is 312 g/mol. The molecule has 122 valence electrons. The maximum absolute atomic E-state index is 11.8. The van der Waals surface area contributed by atoms with Crippen molar-refractivity contribution in [3.8, 4) is 11.3 Å². The molecule has 0 atom stereocenters. The molecule has 0 saturated heterocycles. The van der Waals surface area contributed by atoms with Crippen molar-refractivity contribution in [2.45, 2.75) is 53.1 Å². The SMILES string of the molecule is Cc1nccc(-c2ccc(CCC(=O)OC(C)(C)C)c(C)c2)n1. The van der Waals surface area contributed by atoms with Crippen LogP contribution in [0.3, 0.4) is 0 Å². The summed E-state index contributed by atoms with van der Waals surface area (Å²) in [5.74, 6) is 0.599. The summed E-state index contributed by atoms with van der Waals surface area (Å²) in [4.78, 5) is 20.4. The fourth-order valence-electron chi connectivity index (χ4n) is 2.38. The summed E-state index contributed by atoms with van der Waals surface area (Å²) in [7, 11) is 0. The van der Waals surface area contributed by atoms with Crippen molar-refractivity contribution in [3.63, 3.8) is 0 Å². The second-order valence-electron chi connectivity index (χ2n) is 6.72. The van der Waals surface area contributed by atoms with Gasteiger partial charge in [-0.2, -0.15) is 0 Å². The average molecular weight is 312 g/mol. The van der Waals surface area contributed by atoms with Crippen LogP contribution in [0.5, 0.6) is 0 Å². The van der Waals surface area contributed by atoms with Crippen LogP contribution in [0, 0.1) is 13.8 Å². The third-order valence-electron chi connectivity index (χ3n) is 3.43. The molecule has 0 saturated carbocycles. The summed E-state index contributed by atoms with van der Waals surface area (Å²) in [6, 6.07) is 8.11. The van der Waals surface area contributed by atoms with Gasteiger partial charge in [0.15, 0.2) is 0 Å². The van der Waals surface area contributed by atoms with Gasteiger partial charge in [-0.15, -0.1) is 0 Å². The van der Waals surface area contributed by atoms with Crippen molar-refractivity contribution >= 4 is 5.97 Å². The summed E-state index contributed by atoms with van der Waals surface area (Å²) >= 11 is 0. The van der Waals surface area contributed by atoms with Crippen LogP contribution in [0.25, 0.3) is 11.3 Å². The molecular weight excluding hydrogens is 288 g/mol. The Kier molecular flexibility index (Phi) is 5.14. The first-order valence-electron chi connectivity index (χ1n) is 7.86. The Hall–Kier alpha value is -2.23. The molecule has 0 aliphatic heterocycles. The van der Waals surface area contributed by atoms with E-state index in [2.05, 4.69) is 29.0 Å². The van der Waals surface area contributed by atoms with E-state index in [1.165, 1.54) is 0 Å². The number of benzene rings is 1. The lowest BCUT2D eigenvalue weighted by Gasteiger charge is -2.19. The first-order chi connectivity index (χ1) is 10.7. The zero-order valence-electron chi connectivity index (χ0n) is 14.5. The Labute approximate surface area is 137 Å². The molecule has 4 heteroatoms. The first kappa shape index (κ1) is 17.1.